The summed E-state index contributed by atoms with van der Waals surface area (Å²) in [5.74, 6) is -0.0586. The molecule has 0 aromatic heterocycles. The normalized spacial score (nSPS) is 9.75. The summed E-state index contributed by atoms with van der Waals surface area (Å²) in [6.45, 7) is 0. The maximum Gasteiger partial charge on any atom is 0.344 e. The zero-order chi connectivity index (χ0) is 22.8. The quantitative estimate of drug-likeness (QED) is 0.263. The Balaban J connectivity index is 0.000000305. The van der Waals surface area contributed by atoms with Crippen LogP contribution in [0.3, 0.4) is 0 Å². The fourth-order valence-electron chi connectivity index (χ4n) is 2.59. The molecule has 160 valence electrons. The molecule has 0 heterocycles. The summed E-state index contributed by atoms with van der Waals surface area (Å²) in [7, 11) is 0. The minimum Gasteiger partial charge on any atom is -0.508 e. The molecule has 0 amide bonds. The van der Waals surface area contributed by atoms with Crippen molar-refractivity contribution in [2.45, 2.75) is 0 Å². The molecule has 4 aromatic carbocycles. The molecule has 0 spiro atoms. The Morgan fingerprint density at radius 1 is 0.469 bits per heavy atom. The Morgan fingerprint density at radius 3 is 1.12 bits per heavy atom. The summed E-state index contributed by atoms with van der Waals surface area (Å²) >= 11 is 0. The van der Waals surface area contributed by atoms with Crippen LogP contribution in [0, 0.1) is 0 Å². The van der Waals surface area contributed by atoms with Gasteiger partial charge >= 0.3 is 11.9 Å². The van der Waals surface area contributed by atoms with E-state index in [4.69, 9.17) is 19.7 Å². The topological polar surface area (TPSA) is 93.1 Å². The van der Waals surface area contributed by atoms with Crippen LogP contribution < -0.4 is 9.47 Å². The van der Waals surface area contributed by atoms with Gasteiger partial charge in [0.15, 0.2) is 0 Å². The molecule has 0 aliphatic carbocycles. The Bertz CT molecular complexity index is 1060. The van der Waals surface area contributed by atoms with Crippen LogP contribution in [-0.2, 0) is 0 Å². The van der Waals surface area contributed by atoms with Gasteiger partial charge in [0, 0.05) is 0 Å². The van der Waals surface area contributed by atoms with E-state index in [0.29, 0.717) is 11.5 Å². The fraction of sp³-hybridized carbons (Fsp3) is 0. The average Bonchev–Trinajstić information content (AvgIpc) is 2.83. The van der Waals surface area contributed by atoms with Crippen LogP contribution in [0.25, 0.3) is 0 Å². The maximum absolute atomic E-state index is 12.4. The van der Waals surface area contributed by atoms with Gasteiger partial charge in [-0.2, -0.15) is 0 Å². The fourth-order valence-corrected chi connectivity index (χ4v) is 2.59. The molecule has 0 atom stereocenters. The molecule has 4 rings (SSSR count). The molecule has 0 fully saturated rings. The average molecular weight is 428 g/mol. The van der Waals surface area contributed by atoms with Crippen LogP contribution in [0.15, 0.2) is 109 Å². The molecule has 0 unspecified atom stereocenters. The second-order valence-corrected chi connectivity index (χ2v) is 6.47. The molecule has 2 N–H and O–H groups in total. The van der Waals surface area contributed by atoms with Gasteiger partial charge in [0.2, 0.25) is 0 Å². The van der Waals surface area contributed by atoms with Gasteiger partial charge in [-0.05, 0) is 60.7 Å². The zero-order valence-corrected chi connectivity index (χ0v) is 16.9. The highest BCUT2D eigenvalue weighted by molar-refractivity contribution is 6.04. The van der Waals surface area contributed by atoms with E-state index in [-0.39, 0.29) is 22.6 Å². The van der Waals surface area contributed by atoms with Crippen molar-refractivity contribution in [1.29, 1.82) is 0 Å². The lowest BCUT2D eigenvalue weighted by Crippen LogP contribution is -2.17. The second kappa shape index (κ2) is 11.0. The van der Waals surface area contributed by atoms with Crippen molar-refractivity contribution in [1.82, 2.24) is 0 Å². The minimum atomic E-state index is -0.609. The van der Waals surface area contributed by atoms with Gasteiger partial charge in [0.1, 0.15) is 23.0 Å². The van der Waals surface area contributed by atoms with Crippen LogP contribution in [0.5, 0.6) is 23.0 Å². The molecule has 0 saturated heterocycles. The smallest absolute Gasteiger partial charge is 0.344 e. The molecule has 0 aliphatic rings. The van der Waals surface area contributed by atoms with Crippen LogP contribution in [0.4, 0.5) is 0 Å². The lowest BCUT2D eigenvalue weighted by molar-refractivity contribution is 0.0692. The van der Waals surface area contributed by atoms with E-state index in [2.05, 4.69) is 0 Å². The molecular weight excluding hydrogens is 408 g/mol. The molecule has 0 radical (unpaired) electrons. The Kier molecular flexibility index (Phi) is 7.59. The van der Waals surface area contributed by atoms with Gasteiger partial charge in [0.05, 0.1) is 11.1 Å². The van der Waals surface area contributed by atoms with Crippen molar-refractivity contribution in [3.63, 3.8) is 0 Å². The Hall–Kier alpha value is -4.58. The number of rotatable bonds is 4. The van der Waals surface area contributed by atoms with E-state index < -0.39 is 11.9 Å². The third kappa shape index (κ3) is 6.47. The van der Waals surface area contributed by atoms with E-state index in [1.165, 1.54) is 36.4 Å². The predicted octanol–water partition coefficient (Wildman–Crippen LogP) is 5.22. The monoisotopic (exact) mass is 428 g/mol. The lowest BCUT2D eigenvalue weighted by atomic mass is 10.1. The minimum absolute atomic E-state index is 0.155. The number of phenolic OH excluding ortho intramolecular Hbond substituents is 2. The van der Waals surface area contributed by atoms with Crippen LogP contribution in [-0.4, -0.2) is 22.2 Å². The van der Waals surface area contributed by atoms with Gasteiger partial charge in [0.25, 0.3) is 0 Å². The number of ether oxygens (including phenoxy) is 2. The van der Waals surface area contributed by atoms with Crippen molar-refractivity contribution < 1.29 is 29.3 Å². The number of benzene rings is 4. The van der Waals surface area contributed by atoms with E-state index >= 15 is 0 Å². The maximum atomic E-state index is 12.4. The number of hydrogen-bond donors (Lipinski definition) is 2. The van der Waals surface area contributed by atoms with Gasteiger partial charge in [-0.15, -0.1) is 0 Å². The third-order valence-electron chi connectivity index (χ3n) is 4.12. The first kappa shape index (κ1) is 22.1. The highest BCUT2D eigenvalue weighted by Gasteiger charge is 2.20. The number of para-hydroxylation sites is 2. The number of phenols is 2. The van der Waals surface area contributed by atoms with E-state index in [0.717, 1.165) is 0 Å². The standard InChI is InChI=1S/C20H14O4.C6H6O2/c21-19(23-15-9-3-1-4-10-15)17-13-7-8-14-18(17)20(22)24-16-11-5-2-6-12-16;7-5-1-2-6(8)4-3-5/h1-14H;1-4,7-8H. The first-order valence-electron chi connectivity index (χ1n) is 9.64. The molecule has 0 saturated carbocycles. The number of esters is 2. The van der Waals surface area contributed by atoms with E-state index in [1.807, 2.05) is 12.1 Å². The molecule has 6 heteroatoms. The Morgan fingerprint density at radius 2 is 0.781 bits per heavy atom. The van der Waals surface area contributed by atoms with Crippen molar-refractivity contribution in [3.8, 4) is 23.0 Å². The van der Waals surface area contributed by atoms with E-state index in [1.54, 1.807) is 60.7 Å². The van der Waals surface area contributed by atoms with Crippen molar-refractivity contribution in [2.24, 2.45) is 0 Å². The second-order valence-electron chi connectivity index (χ2n) is 6.47. The molecule has 0 bridgehead atoms. The highest BCUT2D eigenvalue weighted by atomic mass is 16.5. The SMILES string of the molecule is O=C(Oc1ccccc1)c1ccccc1C(=O)Oc1ccccc1.Oc1ccc(O)cc1. The summed E-state index contributed by atoms with van der Waals surface area (Å²) in [6, 6.07) is 29.5. The third-order valence-corrected chi connectivity index (χ3v) is 4.12. The van der Waals surface area contributed by atoms with Crippen molar-refractivity contribution in [3.05, 3.63) is 120 Å². The van der Waals surface area contributed by atoms with Crippen molar-refractivity contribution >= 4 is 11.9 Å². The number of hydrogen-bond acceptors (Lipinski definition) is 6. The predicted molar refractivity (Wildman–Crippen MR) is 119 cm³/mol. The summed E-state index contributed by atoms with van der Waals surface area (Å²) in [6.07, 6.45) is 0. The number of carbonyl (C=O) groups is 2. The van der Waals surface area contributed by atoms with E-state index in [9.17, 15) is 9.59 Å². The molecule has 6 nitrogen and oxygen atoms in total. The summed E-state index contributed by atoms with van der Waals surface area (Å²) in [5, 5.41) is 17.3. The van der Waals surface area contributed by atoms with Gasteiger partial charge < -0.3 is 19.7 Å². The first-order valence-corrected chi connectivity index (χ1v) is 9.64. The highest BCUT2D eigenvalue weighted by Crippen LogP contribution is 2.18. The van der Waals surface area contributed by atoms with Gasteiger partial charge in [-0.3, -0.25) is 0 Å². The van der Waals surface area contributed by atoms with Crippen LogP contribution in [0.1, 0.15) is 20.7 Å². The van der Waals surface area contributed by atoms with Crippen LogP contribution in [0.2, 0.25) is 0 Å². The number of aromatic hydroxyl groups is 2. The molecule has 32 heavy (non-hydrogen) atoms. The summed E-state index contributed by atoms with van der Waals surface area (Å²) in [5.41, 5.74) is 0.310. The van der Waals surface area contributed by atoms with Crippen LogP contribution >= 0.6 is 0 Å². The molecule has 4 aromatic rings. The first-order chi connectivity index (χ1) is 15.5. The lowest BCUT2D eigenvalue weighted by Gasteiger charge is -2.09. The summed E-state index contributed by atoms with van der Waals surface area (Å²) in [4.78, 5) is 24.7. The zero-order valence-electron chi connectivity index (χ0n) is 16.9. The largest absolute Gasteiger partial charge is 0.508 e. The number of carbonyl (C=O) groups excluding carboxylic acids is 2. The Labute approximate surface area is 184 Å². The van der Waals surface area contributed by atoms with Crippen molar-refractivity contribution in [2.75, 3.05) is 0 Å². The summed E-state index contributed by atoms with van der Waals surface area (Å²) < 4.78 is 10.6. The van der Waals surface area contributed by atoms with Gasteiger partial charge in [-0.25, -0.2) is 9.59 Å². The molecular formula is C26H20O6. The van der Waals surface area contributed by atoms with Gasteiger partial charge in [-0.1, -0.05) is 48.5 Å². The molecule has 0 aliphatic heterocycles.